The molecular formula is C17H18N4O4. The first kappa shape index (κ1) is 16.7. The van der Waals surface area contributed by atoms with Crippen LogP contribution < -0.4 is 9.47 Å². The SMILES string of the molecule is CCc1c(C(=O)OCCOc2ccc(OC)cc2)cnc2ncnn12. The van der Waals surface area contributed by atoms with E-state index in [1.54, 1.807) is 35.9 Å². The second kappa shape index (κ2) is 7.61. The molecule has 0 bridgehead atoms. The molecule has 8 heteroatoms. The van der Waals surface area contributed by atoms with Gasteiger partial charge in [-0.15, -0.1) is 0 Å². The minimum Gasteiger partial charge on any atom is -0.497 e. The number of carbonyl (C=O) groups excluding carboxylic acids is 1. The minimum absolute atomic E-state index is 0.128. The second-order valence-corrected chi connectivity index (χ2v) is 5.10. The van der Waals surface area contributed by atoms with Gasteiger partial charge in [0.1, 0.15) is 31.0 Å². The summed E-state index contributed by atoms with van der Waals surface area (Å²) >= 11 is 0. The molecule has 0 fully saturated rings. The number of benzene rings is 1. The number of aryl methyl sites for hydroxylation is 1. The average Bonchev–Trinajstić information content (AvgIpc) is 3.13. The van der Waals surface area contributed by atoms with Gasteiger partial charge in [-0.25, -0.2) is 14.3 Å². The fourth-order valence-corrected chi connectivity index (χ4v) is 2.38. The summed E-state index contributed by atoms with van der Waals surface area (Å²) in [6.45, 7) is 2.31. The van der Waals surface area contributed by atoms with E-state index in [0.29, 0.717) is 29.2 Å². The van der Waals surface area contributed by atoms with Crippen LogP contribution in [0, 0.1) is 0 Å². The molecule has 0 aliphatic carbocycles. The maximum absolute atomic E-state index is 12.3. The van der Waals surface area contributed by atoms with E-state index < -0.39 is 5.97 Å². The molecule has 2 heterocycles. The summed E-state index contributed by atoms with van der Waals surface area (Å²) in [6.07, 6.45) is 3.48. The van der Waals surface area contributed by atoms with Crippen molar-refractivity contribution in [1.82, 2.24) is 19.6 Å². The molecule has 0 aliphatic rings. The van der Waals surface area contributed by atoms with Crippen LogP contribution in [0.2, 0.25) is 0 Å². The van der Waals surface area contributed by atoms with Crippen molar-refractivity contribution in [3.05, 3.63) is 48.0 Å². The van der Waals surface area contributed by atoms with Crippen LogP contribution in [0.3, 0.4) is 0 Å². The van der Waals surface area contributed by atoms with E-state index in [1.165, 1.54) is 12.5 Å². The van der Waals surface area contributed by atoms with Crippen molar-refractivity contribution in [3.63, 3.8) is 0 Å². The predicted octanol–water partition coefficient (Wildman–Crippen LogP) is 1.93. The van der Waals surface area contributed by atoms with Gasteiger partial charge in [0.25, 0.3) is 5.78 Å². The number of ether oxygens (including phenoxy) is 3. The standard InChI is InChI=1S/C17H18N4O4/c1-3-15-14(10-18-17-19-11-20-21(15)17)16(22)25-9-8-24-13-6-4-12(23-2)5-7-13/h4-7,10-11H,3,8-9H2,1-2H3. The van der Waals surface area contributed by atoms with E-state index in [-0.39, 0.29) is 13.2 Å². The molecule has 0 spiro atoms. The topological polar surface area (TPSA) is 87.8 Å². The first-order valence-electron chi connectivity index (χ1n) is 7.84. The summed E-state index contributed by atoms with van der Waals surface area (Å²) < 4.78 is 17.4. The predicted molar refractivity (Wildman–Crippen MR) is 88.9 cm³/mol. The minimum atomic E-state index is -0.458. The van der Waals surface area contributed by atoms with E-state index in [0.717, 1.165) is 5.75 Å². The van der Waals surface area contributed by atoms with E-state index in [2.05, 4.69) is 15.1 Å². The first-order chi connectivity index (χ1) is 12.2. The Balaban J connectivity index is 1.57. The molecule has 0 atom stereocenters. The Morgan fingerprint density at radius 2 is 1.88 bits per heavy atom. The number of carbonyl (C=O) groups is 1. The van der Waals surface area contributed by atoms with Crippen LogP contribution in [-0.2, 0) is 11.2 Å². The van der Waals surface area contributed by atoms with Crippen molar-refractivity contribution in [1.29, 1.82) is 0 Å². The smallest absolute Gasteiger partial charge is 0.341 e. The lowest BCUT2D eigenvalue weighted by Gasteiger charge is -2.10. The number of fused-ring (bicyclic) bond motifs is 1. The number of nitrogens with zero attached hydrogens (tertiary/aromatic N) is 4. The van der Waals surface area contributed by atoms with Crippen LogP contribution in [0.4, 0.5) is 0 Å². The summed E-state index contributed by atoms with van der Waals surface area (Å²) in [6, 6.07) is 7.18. The highest BCUT2D eigenvalue weighted by Gasteiger charge is 2.16. The van der Waals surface area contributed by atoms with Gasteiger partial charge in [-0.1, -0.05) is 6.92 Å². The zero-order valence-corrected chi connectivity index (χ0v) is 14.0. The van der Waals surface area contributed by atoms with Gasteiger partial charge in [-0.3, -0.25) is 0 Å². The number of hydrogen-bond donors (Lipinski definition) is 0. The molecule has 0 saturated heterocycles. The Labute approximate surface area is 144 Å². The molecule has 0 unspecified atom stereocenters. The molecule has 0 saturated carbocycles. The molecule has 1 aromatic carbocycles. The number of methoxy groups -OCH3 is 1. The number of hydrogen-bond acceptors (Lipinski definition) is 7. The van der Waals surface area contributed by atoms with Crippen molar-refractivity contribution in [3.8, 4) is 11.5 Å². The summed E-state index contributed by atoms with van der Waals surface area (Å²) in [7, 11) is 1.60. The summed E-state index contributed by atoms with van der Waals surface area (Å²) in [5.41, 5.74) is 1.09. The third kappa shape index (κ3) is 3.68. The van der Waals surface area contributed by atoms with Gasteiger partial charge in [0.15, 0.2) is 0 Å². The number of esters is 1. The molecule has 0 N–H and O–H groups in total. The van der Waals surface area contributed by atoms with Gasteiger partial charge in [0.2, 0.25) is 0 Å². The van der Waals surface area contributed by atoms with Crippen LogP contribution in [-0.4, -0.2) is 45.9 Å². The fourth-order valence-electron chi connectivity index (χ4n) is 2.38. The Morgan fingerprint density at radius 3 is 2.60 bits per heavy atom. The molecule has 130 valence electrons. The molecule has 0 aliphatic heterocycles. The summed E-state index contributed by atoms with van der Waals surface area (Å²) in [5.74, 6) is 1.43. The maximum Gasteiger partial charge on any atom is 0.341 e. The zero-order chi connectivity index (χ0) is 17.6. The van der Waals surface area contributed by atoms with Crippen molar-refractivity contribution in [2.45, 2.75) is 13.3 Å². The van der Waals surface area contributed by atoms with Crippen LogP contribution in [0.25, 0.3) is 5.78 Å². The zero-order valence-electron chi connectivity index (χ0n) is 14.0. The molecule has 2 aromatic heterocycles. The van der Waals surface area contributed by atoms with E-state index in [4.69, 9.17) is 14.2 Å². The molecule has 3 aromatic rings. The Kier molecular flexibility index (Phi) is 5.08. The Morgan fingerprint density at radius 1 is 1.12 bits per heavy atom. The largest absolute Gasteiger partial charge is 0.497 e. The van der Waals surface area contributed by atoms with Crippen LogP contribution in [0.5, 0.6) is 11.5 Å². The van der Waals surface area contributed by atoms with Crippen molar-refractivity contribution in [2.24, 2.45) is 0 Å². The average molecular weight is 342 g/mol. The van der Waals surface area contributed by atoms with Gasteiger partial charge in [0.05, 0.1) is 18.4 Å². The lowest BCUT2D eigenvalue weighted by molar-refractivity contribution is 0.0448. The fraction of sp³-hybridized carbons (Fsp3) is 0.294. The first-order valence-corrected chi connectivity index (χ1v) is 7.84. The third-order valence-electron chi connectivity index (χ3n) is 3.60. The lowest BCUT2D eigenvalue weighted by Crippen LogP contribution is -2.16. The number of aromatic nitrogens is 4. The van der Waals surface area contributed by atoms with Crippen LogP contribution >= 0.6 is 0 Å². The van der Waals surface area contributed by atoms with Crippen LogP contribution in [0.15, 0.2) is 36.8 Å². The molecule has 0 radical (unpaired) electrons. The quantitative estimate of drug-likeness (QED) is 0.479. The lowest BCUT2D eigenvalue weighted by atomic mass is 10.2. The molecule has 3 rings (SSSR count). The van der Waals surface area contributed by atoms with Crippen molar-refractivity contribution >= 4 is 11.7 Å². The normalized spacial score (nSPS) is 10.6. The monoisotopic (exact) mass is 342 g/mol. The summed E-state index contributed by atoms with van der Waals surface area (Å²) in [5, 5.41) is 4.08. The summed E-state index contributed by atoms with van der Waals surface area (Å²) in [4.78, 5) is 20.4. The molecule has 8 nitrogen and oxygen atoms in total. The highest BCUT2D eigenvalue weighted by Crippen LogP contribution is 2.17. The Bertz CT molecular complexity index is 861. The van der Waals surface area contributed by atoms with Crippen molar-refractivity contribution in [2.75, 3.05) is 20.3 Å². The maximum atomic E-state index is 12.3. The van der Waals surface area contributed by atoms with Gasteiger partial charge >= 0.3 is 5.97 Å². The molecule has 25 heavy (non-hydrogen) atoms. The second-order valence-electron chi connectivity index (χ2n) is 5.10. The molecule has 0 amide bonds. The van der Waals surface area contributed by atoms with Gasteiger partial charge in [-0.05, 0) is 30.7 Å². The van der Waals surface area contributed by atoms with Gasteiger partial charge in [0, 0.05) is 6.20 Å². The molecular weight excluding hydrogens is 324 g/mol. The van der Waals surface area contributed by atoms with E-state index in [9.17, 15) is 4.79 Å². The van der Waals surface area contributed by atoms with Gasteiger partial charge in [-0.2, -0.15) is 10.1 Å². The number of rotatable bonds is 7. The van der Waals surface area contributed by atoms with E-state index >= 15 is 0 Å². The highest BCUT2D eigenvalue weighted by molar-refractivity contribution is 5.90. The van der Waals surface area contributed by atoms with Gasteiger partial charge < -0.3 is 14.2 Å². The van der Waals surface area contributed by atoms with Crippen molar-refractivity contribution < 1.29 is 19.0 Å². The Hall–Kier alpha value is -3.16. The highest BCUT2D eigenvalue weighted by atomic mass is 16.6. The third-order valence-corrected chi connectivity index (χ3v) is 3.60. The van der Waals surface area contributed by atoms with E-state index in [1.807, 2.05) is 6.92 Å². The van der Waals surface area contributed by atoms with Crippen LogP contribution in [0.1, 0.15) is 23.0 Å².